The Hall–Kier alpha value is -6.85. The number of ether oxygens (including phenoxy) is 1. The summed E-state index contributed by atoms with van der Waals surface area (Å²) in [5.74, 6) is 2.98. The highest BCUT2D eigenvalue weighted by Crippen LogP contribution is 2.46. The lowest BCUT2D eigenvalue weighted by atomic mass is 9.90. The molecule has 1 aliphatic heterocycles. The van der Waals surface area contributed by atoms with E-state index in [1.807, 2.05) is 48.5 Å². The van der Waals surface area contributed by atoms with Crippen molar-refractivity contribution < 1.29 is 9.15 Å². The Kier molecular flexibility index (Phi) is 6.31. The molecule has 0 saturated carbocycles. The Morgan fingerprint density at radius 1 is 0.462 bits per heavy atom. The number of rotatable bonds is 4. The van der Waals surface area contributed by atoms with E-state index < -0.39 is 0 Å². The molecule has 244 valence electrons. The zero-order chi connectivity index (χ0) is 34.2. The first-order valence-electron chi connectivity index (χ1n) is 17.6. The third-order valence-electron chi connectivity index (χ3n) is 10.5. The van der Waals surface area contributed by atoms with Gasteiger partial charge in [0.1, 0.15) is 23.0 Å². The molecule has 9 aromatic rings. The van der Waals surface area contributed by atoms with Crippen LogP contribution in [0.3, 0.4) is 0 Å². The van der Waals surface area contributed by atoms with Gasteiger partial charge < -0.3 is 9.15 Å². The number of nitrogens with zero attached hydrogens (tertiary/aromatic N) is 3. The van der Waals surface area contributed by atoms with Gasteiger partial charge in [0, 0.05) is 38.9 Å². The molecule has 52 heavy (non-hydrogen) atoms. The number of hydrogen-bond acceptors (Lipinski definition) is 5. The molecule has 2 aliphatic rings. The average Bonchev–Trinajstić information content (AvgIpc) is 3.79. The van der Waals surface area contributed by atoms with E-state index >= 15 is 0 Å². The summed E-state index contributed by atoms with van der Waals surface area (Å²) in [6, 6.07) is 48.4. The highest BCUT2D eigenvalue weighted by atomic mass is 16.5. The van der Waals surface area contributed by atoms with Crippen molar-refractivity contribution in [1.82, 2.24) is 15.0 Å². The van der Waals surface area contributed by atoms with Crippen molar-refractivity contribution in [1.29, 1.82) is 0 Å². The number of aromatic nitrogens is 3. The Morgan fingerprint density at radius 3 is 2.00 bits per heavy atom. The van der Waals surface area contributed by atoms with E-state index in [9.17, 15) is 0 Å². The first-order valence-corrected chi connectivity index (χ1v) is 17.6. The number of furan rings is 1. The van der Waals surface area contributed by atoms with Crippen molar-refractivity contribution in [2.75, 3.05) is 0 Å². The minimum Gasteiger partial charge on any atom is -0.485 e. The van der Waals surface area contributed by atoms with Gasteiger partial charge in [0.2, 0.25) is 0 Å². The standard InChI is InChI=1S/C47H29N3O2/c1-2-11-30(12-3-1)45-48-46(32-23-22-29-21-20-28-10-4-5-13-33(28)38(29)26-32)50-47(49-45)37-16-9-19-41-44(37)43-34(15-8-18-40(43)52-41)31-24-25-36-35-14-6-7-17-39(35)51-42(36)27-31/h1-27,35,39H. The Balaban J connectivity index is 1.13. The van der Waals surface area contributed by atoms with E-state index in [-0.39, 0.29) is 12.0 Å². The highest BCUT2D eigenvalue weighted by molar-refractivity contribution is 6.17. The molecule has 2 unspecified atom stereocenters. The van der Waals surface area contributed by atoms with Crippen LogP contribution in [0.1, 0.15) is 11.5 Å². The van der Waals surface area contributed by atoms with Crippen LogP contribution in [0.2, 0.25) is 0 Å². The molecule has 1 aliphatic carbocycles. The minimum atomic E-state index is 0.0329. The van der Waals surface area contributed by atoms with E-state index in [0.717, 1.165) is 60.9 Å². The summed E-state index contributed by atoms with van der Waals surface area (Å²) in [5.41, 5.74) is 7.67. The normalized spacial score (nSPS) is 16.1. The predicted molar refractivity (Wildman–Crippen MR) is 209 cm³/mol. The Morgan fingerprint density at radius 2 is 1.13 bits per heavy atom. The van der Waals surface area contributed by atoms with Gasteiger partial charge in [-0.1, -0.05) is 133 Å². The lowest BCUT2D eigenvalue weighted by Crippen LogP contribution is -2.15. The van der Waals surface area contributed by atoms with E-state index in [2.05, 4.69) is 115 Å². The van der Waals surface area contributed by atoms with E-state index in [0.29, 0.717) is 17.5 Å². The van der Waals surface area contributed by atoms with Gasteiger partial charge in [-0.2, -0.15) is 0 Å². The Labute approximate surface area is 299 Å². The molecule has 0 amide bonds. The molecule has 2 aromatic heterocycles. The molecule has 0 N–H and O–H groups in total. The maximum atomic E-state index is 6.54. The van der Waals surface area contributed by atoms with Crippen LogP contribution < -0.4 is 4.74 Å². The van der Waals surface area contributed by atoms with Crippen LogP contribution >= 0.6 is 0 Å². The fourth-order valence-electron chi connectivity index (χ4n) is 7.98. The zero-order valence-corrected chi connectivity index (χ0v) is 27.9. The van der Waals surface area contributed by atoms with Gasteiger partial charge in [-0.05, 0) is 63.0 Å². The smallest absolute Gasteiger partial charge is 0.164 e. The van der Waals surface area contributed by atoms with Crippen LogP contribution in [-0.2, 0) is 0 Å². The molecule has 3 heterocycles. The highest BCUT2D eigenvalue weighted by Gasteiger charge is 2.32. The molecular formula is C47H29N3O2. The van der Waals surface area contributed by atoms with Gasteiger partial charge in [0.25, 0.3) is 0 Å². The van der Waals surface area contributed by atoms with E-state index in [1.54, 1.807) is 0 Å². The summed E-state index contributed by atoms with van der Waals surface area (Å²) in [6.45, 7) is 0. The monoisotopic (exact) mass is 667 g/mol. The van der Waals surface area contributed by atoms with Gasteiger partial charge in [-0.25, -0.2) is 15.0 Å². The summed E-state index contributed by atoms with van der Waals surface area (Å²) < 4.78 is 13.0. The van der Waals surface area contributed by atoms with Gasteiger partial charge >= 0.3 is 0 Å². The van der Waals surface area contributed by atoms with Crippen molar-refractivity contribution in [3.05, 3.63) is 169 Å². The van der Waals surface area contributed by atoms with Crippen LogP contribution in [0.15, 0.2) is 168 Å². The fraction of sp³-hybridized carbons (Fsp3) is 0.0426. The number of hydrogen-bond donors (Lipinski definition) is 0. The second-order valence-corrected chi connectivity index (χ2v) is 13.5. The molecule has 5 nitrogen and oxygen atoms in total. The number of allylic oxidation sites excluding steroid dienone is 2. The predicted octanol–water partition coefficient (Wildman–Crippen LogP) is 11.7. The Bertz CT molecular complexity index is 2960. The van der Waals surface area contributed by atoms with Crippen LogP contribution in [0.25, 0.3) is 88.8 Å². The first-order chi connectivity index (χ1) is 25.7. The SMILES string of the molecule is C1=CC2Oc3cc(-c4cccc5oc6cccc(-c7nc(-c8ccccc8)nc(-c8ccc9ccc%10ccccc%10c9c8)n7)c6c45)ccc3C2C=C1. The summed E-state index contributed by atoms with van der Waals surface area (Å²) in [6.07, 6.45) is 8.55. The van der Waals surface area contributed by atoms with Crippen molar-refractivity contribution in [2.24, 2.45) is 0 Å². The molecular weight excluding hydrogens is 639 g/mol. The van der Waals surface area contributed by atoms with Gasteiger partial charge in [0.15, 0.2) is 17.5 Å². The summed E-state index contributed by atoms with van der Waals surface area (Å²) >= 11 is 0. The average molecular weight is 668 g/mol. The largest absolute Gasteiger partial charge is 0.485 e. The van der Waals surface area contributed by atoms with E-state index in [4.69, 9.17) is 24.1 Å². The molecule has 7 aromatic carbocycles. The van der Waals surface area contributed by atoms with Crippen molar-refractivity contribution in [2.45, 2.75) is 12.0 Å². The topological polar surface area (TPSA) is 61.0 Å². The first kappa shape index (κ1) is 28.9. The zero-order valence-electron chi connectivity index (χ0n) is 27.9. The van der Waals surface area contributed by atoms with Gasteiger partial charge in [0.05, 0.1) is 0 Å². The molecule has 0 spiro atoms. The lowest BCUT2D eigenvalue weighted by molar-refractivity contribution is 0.269. The summed E-state index contributed by atoms with van der Waals surface area (Å²) in [5, 5.41) is 6.72. The summed E-state index contributed by atoms with van der Waals surface area (Å²) in [7, 11) is 0. The van der Waals surface area contributed by atoms with Crippen LogP contribution in [0, 0.1) is 0 Å². The lowest BCUT2D eigenvalue weighted by Gasteiger charge is -2.13. The van der Waals surface area contributed by atoms with Crippen molar-refractivity contribution >= 4 is 43.5 Å². The van der Waals surface area contributed by atoms with Crippen molar-refractivity contribution in [3.63, 3.8) is 0 Å². The maximum Gasteiger partial charge on any atom is 0.164 e. The summed E-state index contributed by atoms with van der Waals surface area (Å²) in [4.78, 5) is 15.4. The van der Waals surface area contributed by atoms with E-state index in [1.165, 1.54) is 21.7 Å². The molecule has 0 radical (unpaired) electrons. The third kappa shape index (κ3) is 4.53. The van der Waals surface area contributed by atoms with Crippen LogP contribution in [0.4, 0.5) is 0 Å². The molecule has 0 bridgehead atoms. The molecule has 0 fully saturated rings. The third-order valence-corrected chi connectivity index (χ3v) is 10.5. The molecule has 11 rings (SSSR count). The van der Waals surface area contributed by atoms with Crippen LogP contribution in [0.5, 0.6) is 5.75 Å². The van der Waals surface area contributed by atoms with Crippen LogP contribution in [-0.4, -0.2) is 21.1 Å². The molecule has 5 heteroatoms. The van der Waals surface area contributed by atoms with Gasteiger partial charge in [-0.15, -0.1) is 0 Å². The number of benzene rings is 7. The van der Waals surface area contributed by atoms with Crippen molar-refractivity contribution in [3.8, 4) is 51.0 Å². The molecule has 2 atom stereocenters. The number of fused-ring (bicyclic) bond motifs is 9. The minimum absolute atomic E-state index is 0.0329. The second-order valence-electron chi connectivity index (χ2n) is 13.5. The maximum absolute atomic E-state index is 6.54. The quantitative estimate of drug-likeness (QED) is 0.175. The second kappa shape index (κ2) is 11.3. The van der Waals surface area contributed by atoms with Gasteiger partial charge in [-0.3, -0.25) is 0 Å². The molecule has 0 saturated heterocycles. The fourth-order valence-corrected chi connectivity index (χ4v) is 7.98.